The number of carboxylic acid groups (broad SMARTS) is 1. The van der Waals surface area contributed by atoms with E-state index < -0.39 is 24.2 Å². The van der Waals surface area contributed by atoms with Crippen molar-refractivity contribution < 1.29 is 24.2 Å². The fourth-order valence-electron chi connectivity index (χ4n) is 2.82. The van der Waals surface area contributed by atoms with E-state index in [1.165, 1.54) is 4.90 Å². The summed E-state index contributed by atoms with van der Waals surface area (Å²) in [6, 6.07) is -0.464. The van der Waals surface area contributed by atoms with Crippen LogP contribution in [0.4, 0.5) is 0 Å². The first kappa shape index (κ1) is 14.8. The van der Waals surface area contributed by atoms with Crippen LogP contribution in [0.3, 0.4) is 0 Å². The number of hydrogen-bond donors (Lipinski definition) is 2. The van der Waals surface area contributed by atoms with Gasteiger partial charge in [-0.1, -0.05) is 0 Å². The third-order valence-electron chi connectivity index (χ3n) is 3.91. The summed E-state index contributed by atoms with van der Waals surface area (Å²) in [5.74, 6) is -1.48. The lowest BCUT2D eigenvalue weighted by atomic mass is 10.00. The van der Waals surface area contributed by atoms with Gasteiger partial charge >= 0.3 is 5.97 Å². The molecule has 2 fully saturated rings. The first-order valence-electron chi connectivity index (χ1n) is 6.95. The Balaban J connectivity index is 2.03. The number of carbonyl (C=O) groups excluding carboxylic acids is 2. The molecule has 0 aromatic rings. The number of likely N-dealkylation sites (N-methyl/N-ethyl adjacent to an activating group) is 1. The maximum absolute atomic E-state index is 12.4. The molecule has 2 saturated heterocycles. The van der Waals surface area contributed by atoms with Crippen LogP contribution in [-0.2, 0) is 19.1 Å². The number of amides is 2. The smallest absolute Gasteiger partial charge is 0.332 e. The summed E-state index contributed by atoms with van der Waals surface area (Å²) in [6.45, 7) is 0.522. The lowest BCUT2D eigenvalue weighted by Crippen LogP contribution is -2.54. The van der Waals surface area contributed by atoms with Crippen molar-refractivity contribution in [3.63, 3.8) is 0 Å². The summed E-state index contributed by atoms with van der Waals surface area (Å²) >= 11 is 0. The first-order valence-corrected chi connectivity index (χ1v) is 6.95. The molecule has 112 valence electrons. The summed E-state index contributed by atoms with van der Waals surface area (Å²) in [5.41, 5.74) is 0. The molecule has 0 spiro atoms. The Morgan fingerprint density at radius 1 is 1.15 bits per heavy atom. The highest BCUT2D eigenvalue weighted by Gasteiger charge is 2.40. The van der Waals surface area contributed by atoms with Crippen molar-refractivity contribution in [2.75, 3.05) is 13.6 Å². The Hall–Kier alpha value is -1.63. The number of aliphatic carboxylic acids is 1. The van der Waals surface area contributed by atoms with E-state index in [1.807, 2.05) is 0 Å². The molecule has 3 atom stereocenters. The molecule has 0 bridgehead atoms. The van der Waals surface area contributed by atoms with Crippen molar-refractivity contribution in [1.82, 2.24) is 10.2 Å². The monoisotopic (exact) mass is 284 g/mol. The fraction of sp³-hybridized carbons (Fsp3) is 0.769. The van der Waals surface area contributed by atoms with Crippen LogP contribution in [0.2, 0.25) is 0 Å². The number of piperidine rings is 1. The van der Waals surface area contributed by atoms with E-state index in [4.69, 9.17) is 9.84 Å². The minimum Gasteiger partial charge on any atom is -0.479 e. The molecule has 2 aliphatic rings. The zero-order valence-electron chi connectivity index (χ0n) is 11.5. The van der Waals surface area contributed by atoms with Crippen molar-refractivity contribution in [3.05, 3.63) is 0 Å². The Morgan fingerprint density at radius 3 is 2.45 bits per heavy atom. The molecule has 7 heteroatoms. The van der Waals surface area contributed by atoms with E-state index in [0.29, 0.717) is 25.8 Å². The minimum atomic E-state index is -1.04. The van der Waals surface area contributed by atoms with Gasteiger partial charge in [0.2, 0.25) is 5.91 Å². The normalized spacial score (nSPS) is 30.1. The van der Waals surface area contributed by atoms with Gasteiger partial charge in [0.15, 0.2) is 6.10 Å². The number of carbonyl (C=O) groups is 3. The molecule has 20 heavy (non-hydrogen) atoms. The lowest BCUT2D eigenvalue weighted by molar-refractivity contribution is -0.158. The van der Waals surface area contributed by atoms with Crippen LogP contribution in [0.1, 0.15) is 32.1 Å². The van der Waals surface area contributed by atoms with Gasteiger partial charge in [-0.25, -0.2) is 4.79 Å². The molecule has 0 aliphatic carbocycles. The van der Waals surface area contributed by atoms with Gasteiger partial charge in [0.05, 0.1) is 0 Å². The fourth-order valence-corrected chi connectivity index (χ4v) is 2.82. The quantitative estimate of drug-likeness (QED) is 0.745. The largest absolute Gasteiger partial charge is 0.479 e. The predicted octanol–water partition coefficient (Wildman–Crippen LogP) is -0.254. The summed E-state index contributed by atoms with van der Waals surface area (Å²) in [7, 11) is 1.55. The highest BCUT2D eigenvalue weighted by molar-refractivity contribution is 5.90. The minimum absolute atomic E-state index is 0.175. The van der Waals surface area contributed by atoms with Crippen molar-refractivity contribution in [3.8, 4) is 0 Å². The molecule has 2 amide bonds. The van der Waals surface area contributed by atoms with Crippen LogP contribution in [0.5, 0.6) is 0 Å². The van der Waals surface area contributed by atoms with Gasteiger partial charge in [-0.05, 0) is 32.1 Å². The number of hydrogen-bond acceptors (Lipinski definition) is 4. The SMILES string of the molecule is CNC(=O)C1CCCCN1C(=O)C1CCC(C(=O)O)O1. The summed E-state index contributed by atoms with van der Waals surface area (Å²) in [4.78, 5) is 36.6. The van der Waals surface area contributed by atoms with E-state index in [1.54, 1.807) is 7.05 Å². The Morgan fingerprint density at radius 2 is 1.85 bits per heavy atom. The predicted molar refractivity (Wildman–Crippen MR) is 68.9 cm³/mol. The van der Waals surface area contributed by atoms with E-state index >= 15 is 0 Å². The number of likely N-dealkylation sites (tertiary alicyclic amines) is 1. The van der Waals surface area contributed by atoms with E-state index in [-0.39, 0.29) is 11.8 Å². The molecule has 0 aromatic heterocycles. The molecule has 2 rings (SSSR count). The van der Waals surface area contributed by atoms with Crippen LogP contribution in [0.15, 0.2) is 0 Å². The van der Waals surface area contributed by atoms with Crippen LogP contribution in [-0.4, -0.2) is 59.6 Å². The van der Waals surface area contributed by atoms with Gasteiger partial charge < -0.3 is 20.1 Å². The maximum Gasteiger partial charge on any atom is 0.332 e. The van der Waals surface area contributed by atoms with Crippen LogP contribution >= 0.6 is 0 Å². The van der Waals surface area contributed by atoms with Gasteiger partial charge in [0.25, 0.3) is 5.91 Å². The van der Waals surface area contributed by atoms with Crippen molar-refractivity contribution in [2.45, 2.75) is 50.4 Å². The molecule has 2 aliphatic heterocycles. The summed E-state index contributed by atoms with van der Waals surface area (Å²) in [6.07, 6.45) is 1.49. The average molecular weight is 284 g/mol. The molecule has 0 aromatic carbocycles. The molecule has 7 nitrogen and oxygen atoms in total. The molecular formula is C13H20N2O5. The second kappa shape index (κ2) is 6.21. The standard InChI is InChI=1S/C13H20N2O5/c1-14-11(16)8-4-2-3-7-15(8)12(17)9-5-6-10(20-9)13(18)19/h8-10H,2-7H2,1H3,(H,14,16)(H,18,19). The Labute approximate surface area is 117 Å². The lowest BCUT2D eigenvalue weighted by Gasteiger charge is -2.35. The first-order chi connectivity index (χ1) is 9.54. The highest BCUT2D eigenvalue weighted by atomic mass is 16.5. The number of nitrogens with one attached hydrogen (secondary N) is 1. The third kappa shape index (κ3) is 2.92. The van der Waals surface area contributed by atoms with Crippen LogP contribution in [0.25, 0.3) is 0 Å². The number of carboxylic acids is 1. The van der Waals surface area contributed by atoms with Crippen molar-refractivity contribution >= 4 is 17.8 Å². The summed E-state index contributed by atoms with van der Waals surface area (Å²) in [5, 5.41) is 11.5. The summed E-state index contributed by atoms with van der Waals surface area (Å²) < 4.78 is 5.28. The van der Waals surface area contributed by atoms with E-state index in [0.717, 1.165) is 12.8 Å². The van der Waals surface area contributed by atoms with Gasteiger partial charge in [0.1, 0.15) is 12.1 Å². The molecule has 2 N–H and O–H groups in total. The maximum atomic E-state index is 12.4. The van der Waals surface area contributed by atoms with E-state index in [2.05, 4.69) is 5.32 Å². The van der Waals surface area contributed by atoms with Crippen molar-refractivity contribution in [1.29, 1.82) is 0 Å². The topological polar surface area (TPSA) is 95.9 Å². The third-order valence-corrected chi connectivity index (χ3v) is 3.91. The number of ether oxygens (including phenoxy) is 1. The second-order valence-electron chi connectivity index (χ2n) is 5.19. The van der Waals surface area contributed by atoms with E-state index in [9.17, 15) is 14.4 Å². The second-order valence-corrected chi connectivity index (χ2v) is 5.19. The van der Waals surface area contributed by atoms with Crippen molar-refractivity contribution in [2.24, 2.45) is 0 Å². The van der Waals surface area contributed by atoms with Gasteiger partial charge in [-0.15, -0.1) is 0 Å². The Kier molecular flexibility index (Phi) is 4.59. The van der Waals surface area contributed by atoms with Gasteiger partial charge in [-0.3, -0.25) is 9.59 Å². The number of nitrogens with zero attached hydrogens (tertiary/aromatic N) is 1. The zero-order valence-corrected chi connectivity index (χ0v) is 11.5. The Bertz CT molecular complexity index is 412. The highest BCUT2D eigenvalue weighted by Crippen LogP contribution is 2.25. The number of rotatable bonds is 3. The molecule has 0 saturated carbocycles. The molecule has 2 heterocycles. The van der Waals surface area contributed by atoms with Crippen LogP contribution in [0, 0.1) is 0 Å². The van der Waals surface area contributed by atoms with Crippen LogP contribution < -0.4 is 5.32 Å². The van der Waals surface area contributed by atoms with Gasteiger partial charge in [0, 0.05) is 13.6 Å². The zero-order chi connectivity index (χ0) is 14.7. The average Bonchev–Trinajstić information content (AvgIpc) is 2.95. The molecular weight excluding hydrogens is 264 g/mol. The van der Waals surface area contributed by atoms with Gasteiger partial charge in [-0.2, -0.15) is 0 Å². The molecule has 0 radical (unpaired) electrons. The molecule has 3 unspecified atom stereocenters.